The summed E-state index contributed by atoms with van der Waals surface area (Å²) in [6.45, 7) is 2.69. The van der Waals surface area contributed by atoms with Gasteiger partial charge in [-0.25, -0.2) is 0 Å². The van der Waals surface area contributed by atoms with E-state index in [1.807, 2.05) is 0 Å². The standard InChI is InChI=1S/C12H22O3/c1-2-3-4-9-15-12(14)10-5-7-11(13)8-6-10/h10-11,13H,2-9H2,1H3. The third-order valence-corrected chi connectivity index (χ3v) is 3.02. The third kappa shape index (κ3) is 4.65. The Hall–Kier alpha value is -0.570. The fourth-order valence-electron chi connectivity index (χ4n) is 1.95. The number of aliphatic hydroxyl groups excluding tert-OH is 1. The van der Waals surface area contributed by atoms with Gasteiger partial charge in [-0.3, -0.25) is 4.79 Å². The number of hydrogen-bond donors (Lipinski definition) is 1. The molecule has 1 saturated carbocycles. The third-order valence-electron chi connectivity index (χ3n) is 3.02. The molecule has 1 aliphatic rings. The summed E-state index contributed by atoms with van der Waals surface area (Å²) in [5.74, 6) is -0.0203. The first-order chi connectivity index (χ1) is 7.24. The Morgan fingerprint density at radius 1 is 1.27 bits per heavy atom. The minimum atomic E-state index is -0.200. The van der Waals surface area contributed by atoms with Crippen molar-refractivity contribution in [2.75, 3.05) is 6.61 Å². The van der Waals surface area contributed by atoms with Crippen LogP contribution in [0.5, 0.6) is 0 Å². The van der Waals surface area contributed by atoms with Crippen LogP contribution in [0.15, 0.2) is 0 Å². The van der Waals surface area contributed by atoms with Crippen LogP contribution >= 0.6 is 0 Å². The lowest BCUT2D eigenvalue weighted by atomic mass is 9.87. The second-order valence-corrected chi connectivity index (χ2v) is 4.38. The van der Waals surface area contributed by atoms with Gasteiger partial charge in [0.05, 0.1) is 18.6 Å². The predicted octanol–water partition coefficient (Wildman–Crippen LogP) is 2.27. The number of unbranched alkanes of at least 4 members (excludes halogenated alkanes) is 2. The molecule has 0 heterocycles. The second kappa shape index (κ2) is 6.83. The first kappa shape index (κ1) is 12.5. The van der Waals surface area contributed by atoms with Crippen LogP contribution in [-0.2, 0) is 9.53 Å². The summed E-state index contributed by atoms with van der Waals surface area (Å²) in [4.78, 5) is 11.6. The van der Waals surface area contributed by atoms with Crippen LogP contribution in [0.4, 0.5) is 0 Å². The molecule has 1 aliphatic carbocycles. The normalized spacial score (nSPS) is 26.3. The lowest BCUT2D eigenvalue weighted by molar-refractivity contribution is -0.150. The lowest BCUT2D eigenvalue weighted by Crippen LogP contribution is -2.26. The van der Waals surface area contributed by atoms with Gasteiger partial charge in [0.15, 0.2) is 0 Å². The highest BCUT2D eigenvalue weighted by molar-refractivity contribution is 5.72. The van der Waals surface area contributed by atoms with E-state index in [4.69, 9.17) is 4.74 Å². The average Bonchev–Trinajstić information content (AvgIpc) is 2.25. The minimum absolute atomic E-state index is 0.0371. The molecule has 1 rings (SSSR count). The van der Waals surface area contributed by atoms with Gasteiger partial charge in [0.1, 0.15) is 0 Å². The maximum absolute atomic E-state index is 11.6. The van der Waals surface area contributed by atoms with E-state index in [1.165, 1.54) is 0 Å². The van der Waals surface area contributed by atoms with E-state index in [0.717, 1.165) is 44.9 Å². The van der Waals surface area contributed by atoms with Crippen molar-refractivity contribution in [1.82, 2.24) is 0 Å². The number of ether oxygens (including phenoxy) is 1. The Bertz CT molecular complexity index is 183. The molecular formula is C12H22O3. The monoisotopic (exact) mass is 214 g/mol. The molecule has 0 amide bonds. The van der Waals surface area contributed by atoms with Crippen LogP contribution in [0.25, 0.3) is 0 Å². The van der Waals surface area contributed by atoms with Gasteiger partial charge in [0.25, 0.3) is 0 Å². The van der Waals surface area contributed by atoms with Gasteiger partial charge >= 0.3 is 5.97 Å². The van der Waals surface area contributed by atoms with Crippen LogP contribution in [0.1, 0.15) is 51.9 Å². The maximum Gasteiger partial charge on any atom is 0.308 e. The number of carbonyl (C=O) groups excluding carboxylic acids is 1. The average molecular weight is 214 g/mol. The van der Waals surface area contributed by atoms with Gasteiger partial charge in [0.2, 0.25) is 0 Å². The summed E-state index contributed by atoms with van der Waals surface area (Å²) < 4.78 is 5.20. The minimum Gasteiger partial charge on any atom is -0.465 e. The van der Waals surface area contributed by atoms with E-state index in [9.17, 15) is 9.90 Å². The number of carbonyl (C=O) groups is 1. The Labute approximate surface area is 91.8 Å². The van der Waals surface area contributed by atoms with Crippen LogP contribution in [0.3, 0.4) is 0 Å². The molecular weight excluding hydrogens is 192 g/mol. The topological polar surface area (TPSA) is 46.5 Å². The lowest BCUT2D eigenvalue weighted by Gasteiger charge is -2.23. The summed E-state index contributed by atoms with van der Waals surface area (Å²) in [6, 6.07) is 0. The molecule has 0 bridgehead atoms. The van der Waals surface area contributed by atoms with E-state index >= 15 is 0 Å². The summed E-state index contributed by atoms with van der Waals surface area (Å²) >= 11 is 0. The van der Waals surface area contributed by atoms with Gasteiger partial charge < -0.3 is 9.84 Å². The van der Waals surface area contributed by atoms with Gasteiger partial charge in [-0.1, -0.05) is 19.8 Å². The number of rotatable bonds is 5. The Morgan fingerprint density at radius 3 is 2.53 bits per heavy atom. The predicted molar refractivity (Wildman–Crippen MR) is 58.4 cm³/mol. The SMILES string of the molecule is CCCCCOC(=O)C1CCC(O)CC1. The van der Waals surface area contributed by atoms with Crippen LogP contribution in [0, 0.1) is 5.92 Å². The van der Waals surface area contributed by atoms with Crippen molar-refractivity contribution in [3.05, 3.63) is 0 Å². The summed E-state index contributed by atoms with van der Waals surface area (Å²) in [7, 11) is 0. The number of esters is 1. The highest BCUT2D eigenvalue weighted by atomic mass is 16.5. The van der Waals surface area contributed by atoms with Crippen molar-refractivity contribution >= 4 is 5.97 Å². The summed E-state index contributed by atoms with van der Waals surface area (Å²) in [5.41, 5.74) is 0. The summed E-state index contributed by atoms with van der Waals surface area (Å²) in [6.07, 6.45) is 6.10. The Morgan fingerprint density at radius 2 is 1.93 bits per heavy atom. The zero-order chi connectivity index (χ0) is 11.1. The quantitative estimate of drug-likeness (QED) is 0.564. The van der Waals surface area contributed by atoms with Crippen LogP contribution < -0.4 is 0 Å². The van der Waals surface area contributed by atoms with E-state index in [2.05, 4.69) is 6.92 Å². The van der Waals surface area contributed by atoms with Crippen molar-refractivity contribution < 1.29 is 14.6 Å². The largest absolute Gasteiger partial charge is 0.465 e. The zero-order valence-electron chi connectivity index (χ0n) is 9.58. The first-order valence-electron chi connectivity index (χ1n) is 6.08. The van der Waals surface area contributed by atoms with Crippen molar-refractivity contribution in [2.24, 2.45) is 5.92 Å². The smallest absolute Gasteiger partial charge is 0.308 e. The van der Waals surface area contributed by atoms with E-state index in [0.29, 0.717) is 6.61 Å². The molecule has 0 atom stereocenters. The van der Waals surface area contributed by atoms with Gasteiger partial charge in [-0.2, -0.15) is 0 Å². The Kier molecular flexibility index (Phi) is 5.69. The molecule has 1 N–H and O–H groups in total. The Balaban J connectivity index is 2.11. The fraction of sp³-hybridized carbons (Fsp3) is 0.917. The highest BCUT2D eigenvalue weighted by Gasteiger charge is 2.25. The molecule has 0 saturated heterocycles. The second-order valence-electron chi connectivity index (χ2n) is 4.38. The van der Waals surface area contributed by atoms with E-state index < -0.39 is 0 Å². The molecule has 0 spiro atoms. The maximum atomic E-state index is 11.6. The molecule has 88 valence electrons. The van der Waals surface area contributed by atoms with Crippen molar-refractivity contribution in [3.63, 3.8) is 0 Å². The highest BCUT2D eigenvalue weighted by Crippen LogP contribution is 2.25. The molecule has 3 heteroatoms. The van der Waals surface area contributed by atoms with Gasteiger partial charge in [-0.05, 0) is 32.1 Å². The van der Waals surface area contributed by atoms with Crippen molar-refractivity contribution in [1.29, 1.82) is 0 Å². The molecule has 0 aromatic carbocycles. The molecule has 0 aromatic rings. The summed E-state index contributed by atoms with van der Waals surface area (Å²) in [5, 5.41) is 9.30. The molecule has 0 radical (unpaired) electrons. The molecule has 0 unspecified atom stereocenters. The number of hydrogen-bond acceptors (Lipinski definition) is 3. The van der Waals surface area contributed by atoms with Gasteiger partial charge in [0, 0.05) is 0 Å². The van der Waals surface area contributed by atoms with Gasteiger partial charge in [-0.15, -0.1) is 0 Å². The molecule has 15 heavy (non-hydrogen) atoms. The molecule has 0 aromatic heterocycles. The fourth-order valence-corrected chi connectivity index (χ4v) is 1.95. The number of aliphatic hydroxyl groups is 1. The molecule has 1 fully saturated rings. The van der Waals surface area contributed by atoms with E-state index in [-0.39, 0.29) is 18.0 Å². The van der Waals surface area contributed by atoms with Crippen LogP contribution in [0.2, 0.25) is 0 Å². The zero-order valence-corrected chi connectivity index (χ0v) is 9.58. The van der Waals surface area contributed by atoms with Crippen molar-refractivity contribution in [3.8, 4) is 0 Å². The molecule has 0 aliphatic heterocycles. The van der Waals surface area contributed by atoms with E-state index in [1.54, 1.807) is 0 Å². The first-order valence-corrected chi connectivity index (χ1v) is 6.08. The van der Waals surface area contributed by atoms with Crippen molar-refractivity contribution in [2.45, 2.75) is 58.0 Å². The van der Waals surface area contributed by atoms with Crippen LogP contribution in [-0.4, -0.2) is 23.8 Å². The molecule has 3 nitrogen and oxygen atoms in total.